The number of hydrogen-bond acceptors (Lipinski definition) is 7. The first kappa shape index (κ1) is 22.9. The van der Waals surface area contributed by atoms with Crippen molar-refractivity contribution in [2.75, 3.05) is 37.1 Å². The highest BCUT2D eigenvalue weighted by molar-refractivity contribution is 6.09. The van der Waals surface area contributed by atoms with E-state index in [1.807, 2.05) is 29.2 Å². The van der Waals surface area contributed by atoms with Gasteiger partial charge in [0.25, 0.3) is 5.91 Å². The zero-order chi connectivity index (χ0) is 24.5. The quantitative estimate of drug-likeness (QED) is 0.565. The van der Waals surface area contributed by atoms with Gasteiger partial charge in [0.1, 0.15) is 17.7 Å². The molecule has 0 saturated carbocycles. The lowest BCUT2D eigenvalue weighted by molar-refractivity contribution is 0.0592. The van der Waals surface area contributed by atoms with Crippen LogP contribution < -0.4 is 14.5 Å². The highest BCUT2D eigenvalue weighted by Gasteiger charge is 2.35. The number of aromatic nitrogens is 2. The average molecular weight is 477 g/mol. The molecule has 1 saturated heterocycles. The highest BCUT2D eigenvalue weighted by Crippen LogP contribution is 2.31. The van der Waals surface area contributed by atoms with Crippen molar-refractivity contribution >= 4 is 23.3 Å². The van der Waals surface area contributed by atoms with Gasteiger partial charge in [-0.2, -0.15) is 5.10 Å². The number of nitrogens with zero attached hydrogens (tertiary/aromatic N) is 4. The van der Waals surface area contributed by atoms with Gasteiger partial charge in [0, 0.05) is 30.0 Å². The van der Waals surface area contributed by atoms with Crippen LogP contribution in [-0.4, -0.2) is 60.3 Å². The normalized spacial score (nSPS) is 17.8. The van der Waals surface area contributed by atoms with Gasteiger partial charge < -0.3 is 24.4 Å². The second-order valence-corrected chi connectivity index (χ2v) is 8.67. The van der Waals surface area contributed by atoms with E-state index in [0.29, 0.717) is 35.7 Å². The van der Waals surface area contributed by atoms with E-state index < -0.39 is 12.2 Å². The van der Waals surface area contributed by atoms with Gasteiger partial charge in [-0.3, -0.25) is 4.79 Å². The molecule has 0 spiro atoms. The third-order valence-corrected chi connectivity index (χ3v) is 6.68. The van der Waals surface area contributed by atoms with Crippen LogP contribution in [0.15, 0.2) is 48.5 Å². The summed E-state index contributed by atoms with van der Waals surface area (Å²) in [5, 5.41) is 14.8. The summed E-state index contributed by atoms with van der Waals surface area (Å²) in [6.45, 7) is 1.22. The minimum atomic E-state index is -0.570. The number of benzene rings is 2. The SMILES string of the molecule is COC(=O)c1nn(-c2ccc(OC)cc2)c2c1CCN(c1ccc(N3CCCCC3O)cc1)C2=O. The Labute approximate surface area is 203 Å². The van der Waals surface area contributed by atoms with Crippen LogP contribution in [0.1, 0.15) is 45.8 Å². The van der Waals surface area contributed by atoms with E-state index in [4.69, 9.17) is 9.47 Å². The van der Waals surface area contributed by atoms with Crippen LogP contribution in [-0.2, 0) is 11.2 Å². The van der Waals surface area contributed by atoms with Gasteiger partial charge >= 0.3 is 5.97 Å². The molecular weight excluding hydrogens is 448 g/mol. The molecule has 1 amide bonds. The lowest BCUT2D eigenvalue weighted by Gasteiger charge is -2.34. The molecule has 0 radical (unpaired) electrons. The lowest BCUT2D eigenvalue weighted by Crippen LogP contribution is -2.40. The van der Waals surface area contributed by atoms with Crippen molar-refractivity contribution in [1.82, 2.24) is 9.78 Å². The van der Waals surface area contributed by atoms with Crippen molar-refractivity contribution in [3.8, 4) is 11.4 Å². The van der Waals surface area contributed by atoms with Crippen LogP contribution in [0.5, 0.6) is 5.75 Å². The molecule has 0 aliphatic carbocycles. The maximum atomic E-state index is 13.7. The fourth-order valence-electron chi connectivity index (χ4n) is 4.82. The number of carbonyl (C=O) groups excluding carboxylic acids is 2. The Morgan fingerprint density at radius 3 is 2.31 bits per heavy atom. The molecular formula is C26H28N4O5. The number of aliphatic hydroxyl groups excluding tert-OH is 1. The van der Waals surface area contributed by atoms with Gasteiger partial charge in [0.15, 0.2) is 5.69 Å². The van der Waals surface area contributed by atoms with Gasteiger partial charge in [0.05, 0.1) is 19.9 Å². The van der Waals surface area contributed by atoms with Gasteiger partial charge in [0.2, 0.25) is 0 Å². The molecule has 2 aliphatic rings. The molecule has 1 atom stereocenters. The zero-order valence-corrected chi connectivity index (χ0v) is 19.8. The summed E-state index contributed by atoms with van der Waals surface area (Å²) in [6, 6.07) is 14.8. The Bertz CT molecular complexity index is 1240. The number of methoxy groups -OCH3 is 2. The molecule has 1 unspecified atom stereocenters. The number of aliphatic hydroxyl groups is 1. The van der Waals surface area contributed by atoms with Crippen LogP contribution in [0.2, 0.25) is 0 Å². The Morgan fingerprint density at radius 1 is 0.971 bits per heavy atom. The third-order valence-electron chi connectivity index (χ3n) is 6.68. The number of hydrogen-bond donors (Lipinski definition) is 1. The monoisotopic (exact) mass is 476 g/mol. The molecule has 35 heavy (non-hydrogen) atoms. The fourth-order valence-corrected chi connectivity index (χ4v) is 4.82. The largest absolute Gasteiger partial charge is 0.497 e. The summed E-state index contributed by atoms with van der Waals surface area (Å²) in [6.07, 6.45) is 2.81. The summed E-state index contributed by atoms with van der Waals surface area (Å²) in [5.74, 6) is -0.135. The maximum Gasteiger partial charge on any atom is 0.358 e. The summed E-state index contributed by atoms with van der Waals surface area (Å²) >= 11 is 0. The Hall–Kier alpha value is -3.85. The molecule has 3 aromatic rings. The molecule has 2 aromatic carbocycles. The van der Waals surface area contributed by atoms with E-state index in [9.17, 15) is 14.7 Å². The van der Waals surface area contributed by atoms with Gasteiger partial charge in [-0.05, 0) is 74.2 Å². The lowest BCUT2D eigenvalue weighted by atomic mass is 10.0. The predicted octanol–water partition coefficient (Wildman–Crippen LogP) is 3.18. The van der Waals surface area contributed by atoms with Gasteiger partial charge in [-0.25, -0.2) is 9.48 Å². The van der Waals surface area contributed by atoms with Crippen molar-refractivity contribution in [3.05, 3.63) is 65.5 Å². The molecule has 1 aromatic heterocycles. The molecule has 182 valence electrons. The molecule has 1 N–H and O–H groups in total. The van der Waals surface area contributed by atoms with Crippen molar-refractivity contribution < 1.29 is 24.2 Å². The smallest absolute Gasteiger partial charge is 0.358 e. The van der Waals surface area contributed by atoms with Gasteiger partial charge in [-0.15, -0.1) is 0 Å². The third kappa shape index (κ3) is 4.12. The van der Waals surface area contributed by atoms with Crippen LogP contribution in [0.4, 0.5) is 11.4 Å². The number of rotatable bonds is 5. The Balaban J connectivity index is 1.49. The van der Waals surface area contributed by atoms with Crippen molar-refractivity contribution in [2.45, 2.75) is 31.9 Å². The average Bonchev–Trinajstić information content (AvgIpc) is 3.29. The molecule has 9 nitrogen and oxygen atoms in total. The van der Waals surface area contributed by atoms with E-state index in [1.165, 1.54) is 11.8 Å². The molecule has 0 bridgehead atoms. The number of fused-ring (bicyclic) bond motifs is 1. The van der Waals surface area contributed by atoms with E-state index in [2.05, 4.69) is 5.10 Å². The van der Waals surface area contributed by atoms with Crippen LogP contribution in [0.3, 0.4) is 0 Å². The first-order valence-electron chi connectivity index (χ1n) is 11.7. The molecule has 9 heteroatoms. The minimum absolute atomic E-state index is 0.153. The number of amides is 1. The van der Waals surface area contributed by atoms with Gasteiger partial charge in [-0.1, -0.05) is 0 Å². The van der Waals surface area contributed by atoms with E-state index >= 15 is 0 Å². The fraction of sp³-hybridized carbons (Fsp3) is 0.346. The summed E-state index contributed by atoms with van der Waals surface area (Å²) in [4.78, 5) is 29.9. The van der Waals surface area contributed by atoms with Crippen LogP contribution >= 0.6 is 0 Å². The molecule has 1 fully saturated rings. The summed E-state index contributed by atoms with van der Waals surface area (Å²) in [5.41, 5.74) is 3.40. The maximum absolute atomic E-state index is 13.7. The zero-order valence-electron chi connectivity index (χ0n) is 19.8. The number of esters is 1. The van der Waals surface area contributed by atoms with E-state index in [1.54, 1.807) is 36.3 Å². The second-order valence-electron chi connectivity index (χ2n) is 8.67. The van der Waals surface area contributed by atoms with E-state index in [-0.39, 0.29) is 11.6 Å². The van der Waals surface area contributed by atoms with Crippen molar-refractivity contribution in [1.29, 1.82) is 0 Å². The highest BCUT2D eigenvalue weighted by atomic mass is 16.5. The van der Waals surface area contributed by atoms with Crippen molar-refractivity contribution in [2.24, 2.45) is 0 Å². The number of piperidine rings is 1. The number of anilines is 2. The topological polar surface area (TPSA) is 97.1 Å². The summed E-state index contributed by atoms with van der Waals surface area (Å²) < 4.78 is 11.7. The van der Waals surface area contributed by atoms with Crippen LogP contribution in [0, 0.1) is 0 Å². The Morgan fingerprint density at radius 2 is 1.66 bits per heavy atom. The first-order chi connectivity index (χ1) is 17.0. The molecule has 5 rings (SSSR count). The number of ether oxygens (including phenoxy) is 2. The molecule has 3 heterocycles. The minimum Gasteiger partial charge on any atom is -0.497 e. The Kier molecular flexibility index (Phi) is 6.17. The van der Waals surface area contributed by atoms with Crippen LogP contribution in [0.25, 0.3) is 5.69 Å². The van der Waals surface area contributed by atoms with Crippen molar-refractivity contribution in [3.63, 3.8) is 0 Å². The molecule has 2 aliphatic heterocycles. The second kappa shape index (κ2) is 9.42. The predicted molar refractivity (Wildman–Crippen MR) is 130 cm³/mol. The standard InChI is InChI=1S/C26H28N4O5/c1-34-20-12-10-19(11-13-20)30-24-21(23(27-30)26(33)35-2)14-16-29(25(24)32)18-8-6-17(7-9-18)28-15-4-3-5-22(28)31/h6-13,22,31H,3-5,14-16H2,1-2H3. The number of carbonyl (C=O) groups is 2. The first-order valence-corrected chi connectivity index (χ1v) is 11.7. The van der Waals surface area contributed by atoms with E-state index in [0.717, 1.165) is 37.2 Å². The summed E-state index contributed by atoms with van der Waals surface area (Å²) in [7, 11) is 2.89.